The van der Waals surface area contributed by atoms with Crippen LogP contribution in [0.15, 0.2) is 24.3 Å². The molecule has 0 aliphatic carbocycles. The van der Waals surface area contributed by atoms with Crippen molar-refractivity contribution in [3.63, 3.8) is 0 Å². The molecule has 3 rings (SSSR count). The first kappa shape index (κ1) is 19.7. The van der Waals surface area contributed by atoms with Crippen LogP contribution in [-0.2, 0) is 14.0 Å². The Labute approximate surface area is 157 Å². The molecule has 2 aliphatic rings. The summed E-state index contributed by atoms with van der Waals surface area (Å²) in [4.78, 5) is 12.6. The van der Waals surface area contributed by atoms with E-state index in [1.165, 1.54) is 0 Å². The van der Waals surface area contributed by atoms with Crippen LogP contribution in [0.3, 0.4) is 0 Å². The van der Waals surface area contributed by atoms with Gasteiger partial charge in [-0.3, -0.25) is 14.4 Å². The van der Waals surface area contributed by atoms with Gasteiger partial charge in [0.1, 0.15) is 0 Å². The summed E-state index contributed by atoms with van der Waals surface area (Å²) in [6.07, 6.45) is 0. The number of morpholine rings is 2. The molecule has 144 valence electrons. The van der Waals surface area contributed by atoms with Crippen LogP contribution in [0.4, 0.5) is 0 Å². The minimum absolute atomic E-state index is 0.377. The van der Waals surface area contributed by atoms with Gasteiger partial charge in [-0.05, 0) is 24.3 Å². The molecular formula is C15H23ClN5O4P. The number of amides is 1. The number of carbonyl (C=O) groups excluding carboxylic acids is 1. The highest BCUT2D eigenvalue weighted by Gasteiger charge is 2.31. The third kappa shape index (κ3) is 5.73. The van der Waals surface area contributed by atoms with E-state index in [4.69, 9.17) is 21.1 Å². The van der Waals surface area contributed by atoms with Crippen molar-refractivity contribution < 1.29 is 18.8 Å². The van der Waals surface area contributed by atoms with Gasteiger partial charge < -0.3 is 9.47 Å². The Kier molecular flexibility index (Phi) is 7.02. The predicted octanol–water partition coefficient (Wildman–Crippen LogP) is 0.852. The maximum atomic E-state index is 13.5. The SMILES string of the molecule is O=C(NP(=O)(NN1CCOCC1)NN1CCOCC1)c1ccc(Cl)cc1. The fourth-order valence-electron chi connectivity index (χ4n) is 2.61. The number of carbonyl (C=O) groups is 1. The van der Waals surface area contributed by atoms with Crippen molar-refractivity contribution >= 4 is 25.1 Å². The van der Waals surface area contributed by atoms with Crippen molar-refractivity contribution in [1.82, 2.24) is 25.5 Å². The van der Waals surface area contributed by atoms with Gasteiger partial charge >= 0.3 is 7.59 Å². The van der Waals surface area contributed by atoms with E-state index >= 15 is 0 Å². The summed E-state index contributed by atoms with van der Waals surface area (Å²) in [5, 5.41) is 12.6. The first-order chi connectivity index (χ1) is 12.5. The number of halogens is 1. The van der Waals surface area contributed by atoms with Gasteiger partial charge in [0.15, 0.2) is 0 Å². The molecule has 0 spiro atoms. The molecule has 2 heterocycles. The zero-order valence-electron chi connectivity index (χ0n) is 14.3. The Morgan fingerprint density at radius 3 is 1.85 bits per heavy atom. The average Bonchev–Trinajstić information content (AvgIpc) is 2.63. The third-order valence-electron chi connectivity index (χ3n) is 3.95. The molecule has 0 radical (unpaired) electrons. The van der Waals surface area contributed by atoms with Crippen LogP contribution in [0.5, 0.6) is 0 Å². The van der Waals surface area contributed by atoms with Gasteiger partial charge in [0, 0.05) is 36.8 Å². The molecule has 0 aromatic heterocycles. The number of benzene rings is 1. The highest BCUT2D eigenvalue weighted by Crippen LogP contribution is 2.33. The standard InChI is InChI=1S/C15H23ClN5O4P/c16-14-3-1-13(2-4-14)15(22)17-26(23,18-20-5-9-24-10-6-20)19-21-7-11-25-12-8-21/h1-4H,5-12H2,(H3,17,18,19,22,23). The van der Waals surface area contributed by atoms with Gasteiger partial charge in [-0.25, -0.2) is 10.0 Å². The van der Waals surface area contributed by atoms with E-state index in [0.29, 0.717) is 63.2 Å². The quantitative estimate of drug-likeness (QED) is 0.602. The fraction of sp³-hybridized carbons (Fsp3) is 0.533. The molecule has 2 fully saturated rings. The summed E-state index contributed by atoms with van der Waals surface area (Å²) in [7, 11) is -3.48. The van der Waals surface area contributed by atoms with E-state index in [9.17, 15) is 9.36 Å². The van der Waals surface area contributed by atoms with E-state index in [1.54, 1.807) is 34.3 Å². The van der Waals surface area contributed by atoms with Crippen LogP contribution in [0.2, 0.25) is 5.02 Å². The number of hydrazine groups is 2. The van der Waals surface area contributed by atoms with Gasteiger partial charge in [-0.1, -0.05) is 11.6 Å². The normalized spacial score (nSPS) is 20.0. The Morgan fingerprint density at radius 1 is 0.923 bits per heavy atom. The van der Waals surface area contributed by atoms with Crippen molar-refractivity contribution in [3.05, 3.63) is 34.9 Å². The molecular weight excluding hydrogens is 381 g/mol. The smallest absolute Gasteiger partial charge is 0.332 e. The lowest BCUT2D eigenvalue weighted by molar-refractivity contribution is 0.0178. The molecule has 26 heavy (non-hydrogen) atoms. The lowest BCUT2D eigenvalue weighted by atomic mass is 10.2. The first-order valence-corrected chi connectivity index (χ1v) is 10.5. The third-order valence-corrected chi connectivity index (χ3v) is 5.85. The number of ether oxygens (including phenoxy) is 2. The summed E-state index contributed by atoms with van der Waals surface area (Å²) in [5.41, 5.74) is 0.377. The zero-order chi connectivity index (χ0) is 18.4. The lowest BCUT2D eigenvalue weighted by Crippen LogP contribution is -2.53. The molecule has 3 N–H and O–H groups in total. The lowest BCUT2D eigenvalue weighted by Gasteiger charge is -2.35. The van der Waals surface area contributed by atoms with E-state index in [-0.39, 0.29) is 0 Å². The Bertz CT molecular complexity index is 626. The van der Waals surface area contributed by atoms with Crippen molar-refractivity contribution in [1.29, 1.82) is 0 Å². The second kappa shape index (κ2) is 9.25. The summed E-state index contributed by atoms with van der Waals surface area (Å²) >= 11 is 5.86. The Balaban J connectivity index is 1.70. The van der Waals surface area contributed by atoms with Gasteiger partial charge in [0.05, 0.1) is 26.4 Å². The van der Waals surface area contributed by atoms with E-state index < -0.39 is 13.5 Å². The number of nitrogens with one attached hydrogen (secondary N) is 3. The second-order valence-corrected chi connectivity index (χ2v) is 8.23. The van der Waals surface area contributed by atoms with Crippen molar-refractivity contribution in [2.24, 2.45) is 0 Å². The Morgan fingerprint density at radius 2 is 1.38 bits per heavy atom. The summed E-state index contributed by atoms with van der Waals surface area (Å²) < 4.78 is 24.1. The van der Waals surface area contributed by atoms with Gasteiger partial charge in [-0.15, -0.1) is 0 Å². The summed E-state index contributed by atoms with van der Waals surface area (Å²) in [6.45, 7) is 4.45. The highest BCUT2D eigenvalue weighted by molar-refractivity contribution is 7.58. The number of hydrogen-bond donors (Lipinski definition) is 3. The van der Waals surface area contributed by atoms with Crippen molar-refractivity contribution in [2.75, 3.05) is 52.6 Å². The van der Waals surface area contributed by atoms with Crippen molar-refractivity contribution in [3.8, 4) is 0 Å². The van der Waals surface area contributed by atoms with Crippen molar-refractivity contribution in [2.45, 2.75) is 0 Å². The topological polar surface area (TPSA) is 95.2 Å². The molecule has 2 saturated heterocycles. The highest BCUT2D eigenvalue weighted by atomic mass is 35.5. The average molecular weight is 404 g/mol. The maximum absolute atomic E-state index is 13.5. The first-order valence-electron chi connectivity index (χ1n) is 8.43. The van der Waals surface area contributed by atoms with Gasteiger partial charge in [0.25, 0.3) is 5.91 Å². The molecule has 0 unspecified atom stereocenters. The van der Waals surface area contributed by atoms with Crippen LogP contribution < -0.4 is 15.5 Å². The summed E-state index contributed by atoms with van der Waals surface area (Å²) in [6, 6.07) is 6.41. The Hall–Kier alpha value is -1.03. The number of rotatable bonds is 6. The molecule has 11 heteroatoms. The maximum Gasteiger partial charge on any atom is 0.332 e. The van der Waals surface area contributed by atoms with Gasteiger partial charge in [-0.2, -0.15) is 10.4 Å². The minimum atomic E-state index is -3.48. The number of hydrogen-bond acceptors (Lipinski definition) is 6. The molecule has 1 aromatic rings. The van der Waals surface area contributed by atoms with E-state index in [2.05, 4.69) is 15.5 Å². The van der Waals surface area contributed by atoms with Crippen LogP contribution in [0, 0.1) is 0 Å². The number of nitrogens with zero attached hydrogens (tertiary/aromatic N) is 2. The monoisotopic (exact) mass is 403 g/mol. The largest absolute Gasteiger partial charge is 0.379 e. The van der Waals surface area contributed by atoms with E-state index in [0.717, 1.165) is 0 Å². The molecule has 9 nitrogen and oxygen atoms in total. The van der Waals surface area contributed by atoms with Crippen LogP contribution in [0.1, 0.15) is 10.4 Å². The van der Waals surface area contributed by atoms with E-state index in [1.807, 2.05) is 0 Å². The van der Waals surface area contributed by atoms with Crippen LogP contribution in [0.25, 0.3) is 0 Å². The zero-order valence-corrected chi connectivity index (χ0v) is 16.0. The molecule has 1 amide bonds. The minimum Gasteiger partial charge on any atom is -0.379 e. The predicted molar refractivity (Wildman–Crippen MR) is 97.6 cm³/mol. The molecule has 0 atom stereocenters. The summed E-state index contributed by atoms with van der Waals surface area (Å²) in [5.74, 6) is -0.452. The van der Waals surface area contributed by atoms with Crippen LogP contribution >= 0.6 is 19.2 Å². The molecule has 0 saturated carbocycles. The molecule has 2 aliphatic heterocycles. The fourth-order valence-corrected chi connectivity index (χ4v) is 4.49. The second-order valence-electron chi connectivity index (χ2n) is 5.96. The molecule has 1 aromatic carbocycles. The molecule has 0 bridgehead atoms. The van der Waals surface area contributed by atoms with Crippen LogP contribution in [-0.4, -0.2) is 68.5 Å². The van der Waals surface area contributed by atoms with Gasteiger partial charge in [0.2, 0.25) is 0 Å².